The van der Waals surface area contributed by atoms with Crippen molar-refractivity contribution < 1.29 is 8.42 Å². The van der Waals surface area contributed by atoms with Crippen molar-refractivity contribution in [3.8, 4) is 0 Å². The zero-order valence-electron chi connectivity index (χ0n) is 13.7. The third-order valence-corrected chi connectivity index (χ3v) is 8.14. The molecule has 1 aliphatic heterocycles. The first-order valence-electron chi connectivity index (χ1n) is 8.38. The van der Waals surface area contributed by atoms with Gasteiger partial charge >= 0.3 is 0 Å². The molecule has 2 atom stereocenters. The molecule has 0 bridgehead atoms. The molecule has 0 amide bonds. The number of hydrogen-bond donors (Lipinski definition) is 0. The Labute approximate surface area is 146 Å². The lowest BCUT2D eigenvalue weighted by Crippen LogP contribution is -2.10. The van der Waals surface area contributed by atoms with Gasteiger partial charge in [0.2, 0.25) is 0 Å². The lowest BCUT2D eigenvalue weighted by Gasteiger charge is -2.24. The van der Waals surface area contributed by atoms with Crippen LogP contribution in [0.3, 0.4) is 0 Å². The quantitative estimate of drug-likeness (QED) is 0.839. The predicted octanol–water partition coefficient (Wildman–Crippen LogP) is 2.89. The smallest absolute Gasteiger partial charge is 0.191 e. The molecule has 0 spiro atoms. The van der Waals surface area contributed by atoms with Gasteiger partial charge < -0.3 is 4.57 Å². The number of hydrogen-bond acceptors (Lipinski definition) is 5. The zero-order chi connectivity index (χ0) is 16.7. The summed E-state index contributed by atoms with van der Waals surface area (Å²) < 4.78 is 25.4. The standard InChI is InChI=1S/C17H21N3O2S2/c1-20-16(13-9-10-24(21,22)11-13)18-19-17(20)23-15-8-4-6-12-5-2-3-7-14(12)15/h2-3,5,7,13,15H,4,6,8-11H2,1H3/t13-,15+/m1/s1. The zero-order valence-corrected chi connectivity index (χ0v) is 15.3. The van der Waals surface area contributed by atoms with E-state index in [1.807, 2.05) is 11.6 Å². The molecule has 7 heteroatoms. The van der Waals surface area contributed by atoms with Gasteiger partial charge in [0.15, 0.2) is 15.0 Å². The van der Waals surface area contributed by atoms with Gasteiger partial charge in [-0.05, 0) is 36.8 Å². The van der Waals surface area contributed by atoms with Crippen LogP contribution in [0, 0.1) is 0 Å². The highest BCUT2D eigenvalue weighted by Crippen LogP contribution is 2.43. The Morgan fingerprint density at radius 2 is 2.04 bits per heavy atom. The largest absolute Gasteiger partial charge is 0.309 e. The highest BCUT2D eigenvalue weighted by Gasteiger charge is 2.33. The van der Waals surface area contributed by atoms with E-state index < -0.39 is 9.84 Å². The lowest BCUT2D eigenvalue weighted by atomic mass is 9.91. The van der Waals surface area contributed by atoms with Crippen LogP contribution in [-0.2, 0) is 23.3 Å². The second-order valence-electron chi connectivity index (χ2n) is 6.70. The summed E-state index contributed by atoms with van der Waals surface area (Å²) in [6, 6.07) is 8.64. The Morgan fingerprint density at radius 1 is 1.21 bits per heavy atom. The van der Waals surface area contributed by atoms with Crippen molar-refractivity contribution in [2.45, 2.75) is 42.0 Å². The van der Waals surface area contributed by atoms with E-state index in [-0.39, 0.29) is 17.4 Å². The first kappa shape index (κ1) is 16.1. The molecular formula is C17H21N3O2S2. The van der Waals surface area contributed by atoms with Crippen molar-refractivity contribution in [1.29, 1.82) is 0 Å². The van der Waals surface area contributed by atoms with E-state index in [0.29, 0.717) is 11.7 Å². The molecule has 5 nitrogen and oxygen atoms in total. The Bertz CT molecular complexity index is 860. The molecule has 24 heavy (non-hydrogen) atoms. The van der Waals surface area contributed by atoms with Gasteiger partial charge in [-0.25, -0.2) is 8.42 Å². The van der Waals surface area contributed by atoms with Crippen molar-refractivity contribution in [3.05, 3.63) is 41.2 Å². The predicted molar refractivity (Wildman–Crippen MR) is 95.0 cm³/mol. The number of thioether (sulfide) groups is 1. The fourth-order valence-corrected chi connectivity index (χ4v) is 6.72. The van der Waals surface area contributed by atoms with E-state index in [2.05, 4.69) is 34.5 Å². The average molecular weight is 364 g/mol. The monoisotopic (exact) mass is 363 g/mol. The van der Waals surface area contributed by atoms with Crippen molar-refractivity contribution in [1.82, 2.24) is 14.8 Å². The van der Waals surface area contributed by atoms with E-state index in [9.17, 15) is 8.42 Å². The first-order valence-corrected chi connectivity index (χ1v) is 11.1. The van der Waals surface area contributed by atoms with Gasteiger partial charge in [0.25, 0.3) is 0 Å². The maximum Gasteiger partial charge on any atom is 0.191 e. The van der Waals surface area contributed by atoms with Gasteiger partial charge in [-0.2, -0.15) is 0 Å². The molecule has 0 saturated carbocycles. The second kappa shape index (κ2) is 6.19. The molecule has 1 fully saturated rings. The molecule has 1 aromatic heterocycles. The van der Waals surface area contributed by atoms with E-state index >= 15 is 0 Å². The molecule has 2 aliphatic rings. The first-order chi connectivity index (χ1) is 11.5. The van der Waals surface area contributed by atoms with E-state index in [4.69, 9.17) is 0 Å². The summed E-state index contributed by atoms with van der Waals surface area (Å²) in [5, 5.41) is 9.95. The summed E-state index contributed by atoms with van der Waals surface area (Å²) in [5.41, 5.74) is 2.84. The van der Waals surface area contributed by atoms with Crippen LogP contribution in [0.15, 0.2) is 29.4 Å². The van der Waals surface area contributed by atoms with E-state index in [1.165, 1.54) is 17.5 Å². The number of benzene rings is 1. The maximum atomic E-state index is 11.7. The molecule has 4 rings (SSSR count). The highest BCUT2D eigenvalue weighted by molar-refractivity contribution is 7.99. The minimum Gasteiger partial charge on any atom is -0.309 e. The molecule has 2 heterocycles. The average Bonchev–Trinajstić information content (AvgIpc) is 3.10. The third kappa shape index (κ3) is 2.99. The van der Waals surface area contributed by atoms with Gasteiger partial charge in [-0.15, -0.1) is 10.2 Å². The summed E-state index contributed by atoms with van der Waals surface area (Å²) >= 11 is 1.75. The van der Waals surface area contributed by atoms with Crippen LogP contribution >= 0.6 is 11.8 Å². The maximum absolute atomic E-state index is 11.7. The fourth-order valence-electron chi connectivity index (χ4n) is 3.74. The number of aromatic nitrogens is 3. The molecule has 0 unspecified atom stereocenters. The summed E-state index contributed by atoms with van der Waals surface area (Å²) in [6.07, 6.45) is 4.14. The van der Waals surface area contributed by atoms with Gasteiger partial charge in [-0.1, -0.05) is 36.0 Å². The van der Waals surface area contributed by atoms with Gasteiger partial charge in [0, 0.05) is 18.2 Å². The molecule has 1 saturated heterocycles. The van der Waals surface area contributed by atoms with Gasteiger partial charge in [-0.3, -0.25) is 0 Å². The van der Waals surface area contributed by atoms with Gasteiger partial charge in [0.05, 0.1) is 11.5 Å². The number of nitrogens with zero attached hydrogens (tertiary/aromatic N) is 3. The van der Waals surface area contributed by atoms with Crippen LogP contribution in [0.2, 0.25) is 0 Å². The Balaban J connectivity index is 1.57. The summed E-state index contributed by atoms with van der Waals surface area (Å²) in [7, 11) is -0.951. The van der Waals surface area contributed by atoms with Crippen molar-refractivity contribution in [3.63, 3.8) is 0 Å². The van der Waals surface area contributed by atoms with Crippen molar-refractivity contribution in [2.75, 3.05) is 11.5 Å². The number of rotatable bonds is 3. The van der Waals surface area contributed by atoms with Crippen LogP contribution in [0.25, 0.3) is 0 Å². The van der Waals surface area contributed by atoms with E-state index in [0.717, 1.165) is 23.8 Å². The Kier molecular flexibility index (Phi) is 4.16. The van der Waals surface area contributed by atoms with Crippen LogP contribution in [0.1, 0.15) is 47.4 Å². The topological polar surface area (TPSA) is 64.8 Å². The van der Waals surface area contributed by atoms with E-state index in [1.54, 1.807) is 11.8 Å². The third-order valence-electron chi connectivity index (χ3n) is 5.03. The molecule has 1 aliphatic carbocycles. The molecule has 2 aromatic rings. The fraction of sp³-hybridized carbons (Fsp3) is 0.529. The molecular weight excluding hydrogens is 342 g/mol. The lowest BCUT2D eigenvalue weighted by molar-refractivity contribution is 0.599. The van der Waals surface area contributed by atoms with Crippen molar-refractivity contribution in [2.24, 2.45) is 7.05 Å². The molecule has 1 aromatic carbocycles. The van der Waals surface area contributed by atoms with Crippen LogP contribution in [-0.4, -0.2) is 34.7 Å². The molecule has 128 valence electrons. The number of aryl methyl sites for hydroxylation is 1. The number of sulfone groups is 1. The van der Waals surface area contributed by atoms with Crippen LogP contribution in [0.5, 0.6) is 0 Å². The second-order valence-corrected chi connectivity index (χ2v) is 10.1. The minimum atomic E-state index is -2.91. The van der Waals surface area contributed by atoms with Crippen LogP contribution < -0.4 is 0 Å². The van der Waals surface area contributed by atoms with Crippen molar-refractivity contribution >= 4 is 21.6 Å². The normalized spacial score (nSPS) is 25.5. The van der Waals surface area contributed by atoms with Gasteiger partial charge in [0.1, 0.15) is 5.82 Å². The van der Waals surface area contributed by atoms with Crippen LogP contribution in [0.4, 0.5) is 0 Å². The SMILES string of the molecule is Cn1c(S[C@H]2CCCc3ccccc32)nnc1[C@@H]1CCS(=O)(=O)C1. The summed E-state index contributed by atoms with van der Waals surface area (Å²) in [6.45, 7) is 0. The highest BCUT2D eigenvalue weighted by atomic mass is 32.2. The Morgan fingerprint density at radius 3 is 2.83 bits per heavy atom. The Hall–Kier alpha value is -1.34. The molecule has 0 N–H and O–H groups in total. The summed E-state index contributed by atoms with van der Waals surface area (Å²) in [4.78, 5) is 0. The molecule has 0 radical (unpaired) electrons. The number of fused-ring (bicyclic) bond motifs is 1. The summed E-state index contributed by atoms with van der Waals surface area (Å²) in [5.74, 6) is 1.27. The minimum absolute atomic E-state index is 0.0134.